The van der Waals surface area contributed by atoms with Gasteiger partial charge in [0.15, 0.2) is 0 Å². The van der Waals surface area contributed by atoms with Crippen LogP contribution in [0.15, 0.2) is 25.3 Å². The van der Waals surface area contributed by atoms with E-state index in [2.05, 4.69) is 27.0 Å². The van der Waals surface area contributed by atoms with E-state index in [4.69, 9.17) is 6.64 Å². The number of carbonyl (C=O) groups is 3. The third kappa shape index (κ3) is 14.8. The molecule has 7 heteroatoms. The fourth-order valence-corrected chi connectivity index (χ4v) is 6.89. The van der Waals surface area contributed by atoms with Gasteiger partial charge < -0.3 is 0 Å². The van der Waals surface area contributed by atoms with E-state index in [9.17, 15) is 17.7 Å². The summed E-state index contributed by atoms with van der Waals surface area (Å²) in [6, 6.07) is 0. The van der Waals surface area contributed by atoms with E-state index in [1.54, 1.807) is 0 Å². The van der Waals surface area contributed by atoms with Crippen LogP contribution in [0.4, 0.5) is 0 Å². The second kappa shape index (κ2) is 18.9. The van der Waals surface area contributed by atoms with Crippen molar-refractivity contribution in [3.05, 3.63) is 25.3 Å². The van der Waals surface area contributed by atoms with Crippen molar-refractivity contribution in [1.82, 2.24) is 0 Å². The zero-order valence-corrected chi connectivity index (χ0v) is 23.5. The molecule has 0 radical (unpaired) electrons. The third-order valence-corrected chi connectivity index (χ3v) is 9.03. The molecule has 0 heterocycles. The van der Waals surface area contributed by atoms with Gasteiger partial charge in [-0.25, -0.2) is 0 Å². The molecule has 195 valence electrons. The van der Waals surface area contributed by atoms with Crippen LogP contribution in [0.1, 0.15) is 111 Å². The van der Waals surface area contributed by atoms with Gasteiger partial charge >= 0.3 is 173 Å². The molecule has 6 nitrogen and oxygen atoms in total. The second-order valence-electron chi connectivity index (χ2n) is 9.88. The molecule has 0 saturated heterocycles. The first kappa shape index (κ1) is 32.6. The Morgan fingerprint density at radius 3 is 1.35 bits per heavy atom. The van der Waals surface area contributed by atoms with Gasteiger partial charge in [-0.2, -0.15) is 0 Å². The molecule has 0 aromatic rings. The van der Waals surface area contributed by atoms with Crippen LogP contribution in [-0.2, 0) is 41.7 Å². The molecule has 0 N–H and O–H groups in total. The van der Waals surface area contributed by atoms with Gasteiger partial charge in [0.2, 0.25) is 0 Å². The van der Waals surface area contributed by atoms with Crippen LogP contribution >= 0.6 is 0 Å². The molecule has 0 aromatic carbocycles. The van der Waals surface area contributed by atoms with E-state index in [1.807, 2.05) is 13.8 Å². The van der Waals surface area contributed by atoms with E-state index in [0.717, 1.165) is 37.3 Å². The van der Waals surface area contributed by atoms with Crippen LogP contribution in [-0.4, -0.2) is 16.0 Å². The Kier molecular flexibility index (Phi) is 18.1. The van der Waals surface area contributed by atoms with Crippen LogP contribution < -0.4 is 0 Å². The van der Waals surface area contributed by atoms with Crippen LogP contribution in [0, 0.1) is 17.8 Å². The van der Waals surface area contributed by atoms with Crippen molar-refractivity contribution in [1.29, 1.82) is 0 Å². The summed E-state index contributed by atoms with van der Waals surface area (Å²) in [6.07, 6.45) is 16.6. The molecule has 0 saturated carbocycles. The molecule has 0 aliphatic carbocycles. The molecular formula is C27H47O6Ti. The van der Waals surface area contributed by atoms with E-state index in [-0.39, 0.29) is 5.92 Å². The molecule has 0 amide bonds. The van der Waals surface area contributed by atoms with Crippen LogP contribution in [0.3, 0.4) is 0 Å². The topological polar surface area (TPSA) is 86.7 Å². The van der Waals surface area contributed by atoms with Gasteiger partial charge in [-0.05, 0) is 5.92 Å². The summed E-state index contributed by atoms with van der Waals surface area (Å²) in [5.74, 6) is -2.01. The number of rotatable bonds is 21. The first-order valence-electron chi connectivity index (χ1n) is 13.0. The maximum absolute atomic E-state index is 13.1. The number of hydrogen-bond acceptors (Lipinski definition) is 6. The molecule has 1 atom stereocenters. The maximum atomic E-state index is 13.1. The van der Waals surface area contributed by atoms with Gasteiger partial charge in [0, 0.05) is 0 Å². The summed E-state index contributed by atoms with van der Waals surface area (Å²) >= 11 is -5.60. The van der Waals surface area contributed by atoms with Crippen molar-refractivity contribution in [2.24, 2.45) is 17.8 Å². The molecule has 0 aromatic heterocycles. The summed E-state index contributed by atoms with van der Waals surface area (Å²) in [4.78, 5) is 36.3. The van der Waals surface area contributed by atoms with E-state index < -0.39 is 39.3 Å². The predicted octanol–water partition coefficient (Wildman–Crippen LogP) is 7.30. The van der Waals surface area contributed by atoms with E-state index in [1.165, 1.54) is 57.8 Å². The van der Waals surface area contributed by atoms with Crippen molar-refractivity contribution in [2.45, 2.75) is 111 Å². The van der Waals surface area contributed by atoms with Gasteiger partial charge in [-0.1, -0.05) is 33.1 Å². The monoisotopic (exact) mass is 515 g/mol. The van der Waals surface area contributed by atoms with Crippen molar-refractivity contribution in [2.75, 3.05) is 0 Å². The zero-order valence-electron chi connectivity index (χ0n) is 21.9. The van der Waals surface area contributed by atoms with Crippen molar-refractivity contribution >= 4 is 16.0 Å². The Morgan fingerprint density at radius 2 is 1.03 bits per heavy atom. The van der Waals surface area contributed by atoms with Crippen molar-refractivity contribution in [3.8, 4) is 0 Å². The fourth-order valence-electron chi connectivity index (χ4n) is 3.97. The van der Waals surface area contributed by atoms with Gasteiger partial charge in [0.1, 0.15) is 0 Å². The van der Waals surface area contributed by atoms with Crippen molar-refractivity contribution < 1.29 is 41.7 Å². The Bertz CT molecular complexity index is 657. The Balaban J connectivity index is 4.39. The van der Waals surface area contributed by atoms with Crippen LogP contribution in [0.5, 0.6) is 0 Å². The molecular weight excluding hydrogens is 468 g/mol. The van der Waals surface area contributed by atoms with Gasteiger partial charge in [-0.3, -0.25) is 0 Å². The van der Waals surface area contributed by atoms with E-state index in [0.29, 0.717) is 6.42 Å². The molecule has 0 bridgehead atoms. The van der Waals surface area contributed by atoms with E-state index >= 15 is 0 Å². The minimum absolute atomic E-state index is 0.128. The third-order valence-electron chi connectivity index (χ3n) is 6.04. The first-order valence-corrected chi connectivity index (χ1v) is 15.7. The van der Waals surface area contributed by atoms with Gasteiger partial charge in [0.05, 0.1) is 0 Å². The predicted molar refractivity (Wildman–Crippen MR) is 131 cm³/mol. The zero-order chi connectivity index (χ0) is 26.0. The Morgan fingerprint density at radius 1 is 0.676 bits per heavy atom. The molecule has 0 aliphatic heterocycles. The number of unbranched alkanes of at least 4 members (excludes halogenated alkanes) is 10. The Labute approximate surface area is 211 Å². The van der Waals surface area contributed by atoms with Crippen LogP contribution in [0.25, 0.3) is 0 Å². The normalized spacial score (nSPS) is 12.4. The van der Waals surface area contributed by atoms with Crippen molar-refractivity contribution in [3.63, 3.8) is 0 Å². The molecule has 34 heavy (non-hydrogen) atoms. The Hall–Kier alpha value is -1.40. The van der Waals surface area contributed by atoms with Crippen LogP contribution in [0.2, 0.25) is 0 Å². The number of hydrogen-bond donors (Lipinski definition) is 0. The quantitative estimate of drug-likeness (QED) is 0.0906. The summed E-state index contributed by atoms with van der Waals surface area (Å²) in [5, 5.41) is 0. The molecule has 0 fully saturated rings. The number of carbonyl (C=O) groups excluding carboxylic acids is 3. The fraction of sp³-hybridized carbons (Fsp3) is 0.741. The molecule has 0 aliphatic rings. The second-order valence-corrected chi connectivity index (χ2v) is 13.0. The van der Waals surface area contributed by atoms with Gasteiger partial charge in [-0.15, -0.1) is 0 Å². The SMILES string of the molecule is C=CC(=O)[O][Ti](=[O])([O]C(=O)C=C)[C](=O)C(CCCCCCCCCCCCCC(C)C)C(C)C. The molecule has 0 rings (SSSR count). The molecule has 0 spiro atoms. The summed E-state index contributed by atoms with van der Waals surface area (Å²) in [6.45, 7) is 14.7. The summed E-state index contributed by atoms with van der Waals surface area (Å²) in [5.41, 5.74) is 0. The minimum atomic E-state index is -5.60. The average molecular weight is 516 g/mol. The summed E-state index contributed by atoms with van der Waals surface area (Å²) in [7, 11) is 0. The molecule has 1 unspecified atom stereocenters. The average Bonchev–Trinajstić information content (AvgIpc) is 2.78. The van der Waals surface area contributed by atoms with Gasteiger partial charge in [0.25, 0.3) is 0 Å². The first-order chi connectivity index (χ1) is 16.1. The standard InChI is InChI=1S/C21H41O.2C3H4O2.O.Ti/c1-19(2)16-14-12-10-8-6-5-7-9-11-13-15-17-21(18-22)20(3)4;2*1-2-3(4)5;;/h19-21H,5-17H2,1-4H3;2*2H,1H2,(H,4,5);;/q;;;;+2/p-2. The summed E-state index contributed by atoms with van der Waals surface area (Å²) < 4.78 is 21.9.